The van der Waals surface area contributed by atoms with E-state index in [0.717, 1.165) is 0 Å². The van der Waals surface area contributed by atoms with E-state index in [1.165, 1.54) is 0 Å². The Kier molecular flexibility index (Phi) is 1.03. The Bertz CT molecular complexity index is 323. The number of nitrogens with zero attached hydrogens (tertiary/aromatic N) is 2. The third-order valence-electron chi connectivity index (χ3n) is 1.37. The molecule has 1 aliphatic rings. The standard InChI is InChI=1S/C7H5FN2/c8-7-9-5-3-1-2-4-6(5)10-7/h1-4,7H. The average Bonchev–Trinajstić information content (AvgIpc) is 2.27. The van der Waals surface area contributed by atoms with Gasteiger partial charge >= 0.3 is 0 Å². The normalized spacial score (nSPS) is 15.7. The molecule has 1 aromatic rings. The fourth-order valence-corrected chi connectivity index (χ4v) is 0.941. The van der Waals surface area contributed by atoms with Crippen molar-refractivity contribution in [3.05, 3.63) is 35.0 Å². The summed E-state index contributed by atoms with van der Waals surface area (Å²) in [7, 11) is 0. The fourth-order valence-electron chi connectivity index (χ4n) is 0.941. The average molecular weight is 136 g/mol. The lowest BCUT2D eigenvalue weighted by Gasteiger charge is -1.81. The van der Waals surface area contributed by atoms with Gasteiger partial charge in [-0.25, -0.2) is 9.98 Å². The van der Waals surface area contributed by atoms with Gasteiger partial charge in [0.1, 0.15) is 0 Å². The second-order valence-electron chi connectivity index (χ2n) is 2.06. The quantitative estimate of drug-likeness (QED) is 0.455. The van der Waals surface area contributed by atoms with Crippen LogP contribution >= 0.6 is 0 Å². The monoisotopic (exact) mass is 136 g/mol. The lowest BCUT2D eigenvalue weighted by Crippen LogP contribution is -2.19. The maximum absolute atomic E-state index is 12.4. The third-order valence-corrected chi connectivity index (χ3v) is 1.37. The minimum Gasteiger partial charge on any atom is -0.226 e. The second-order valence-corrected chi connectivity index (χ2v) is 2.06. The molecule has 10 heavy (non-hydrogen) atoms. The Morgan fingerprint density at radius 2 is 1.60 bits per heavy atom. The Hall–Kier alpha value is -1.25. The van der Waals surface area contributed by atoms with Crippen LogP contribution in [0.25, 0.3) is 0 Å². The molecular weight excluding hydrogens is 131 g/mol. The zero-order chi connectivity index (χ0) is 6.97. The highest BCUT2D eigenvalue weighted by Gasteiger charge is 2.04. The van der Waals surface area contributed by atoms with Gasteiger partial charge in [-0.1, -0.05) is 12.1 Å². The van der Waals surface area contributed by atoms with E-state index in [0.29, 0.717) is 10.7 Å². The van der Waals surface area contributed by atoms with E-state index in [4.69, 9.17) is 0 Å². The zero-order valence-corrected chi connectivity index (χ0v) is 5.16. The SMILES string of the molecule is FC1N=c2ccccc2=N1. The molecule has 1 heterocycles. The molecule has 0 amide bonds. The summed E-state index contributed by atoms with van der Waals surface area (Å²) in [5, 5.41) is 1.30. The molecule has 50 valence electrons. The molecule has 0 N–H and O–H groups in total. The molecule has 1 aromatic carbocycles. The Labute approximate surface area is 56.7 Å². The van der Waals surface area contributed by atoms with Gasteiger partial charge in [0, 0.05) is 0 Å². The van der Waals surface area contributed by atoms with E-state index in [1.807, 2.05) is 12.1 Å². The molecule has 0 radical (unpaired) electrons. The van der Waals surface area contributed by atoms with Gasteiger partial charge in [0.05, 0.1) is 10.7 Å². The number of fused-ring (bicyclic) bond motifs is 1. The van der Waals surface area contributed by atoms with Crippen LogP contribution in [0.2, 0.25) is 0 Å². The van der Waals surface area contributed by atoms with Crippen LogP contribution in [0.4, 0.5) is 4.39 Å². The first-order valence-corrected chi connectivity index (χ1v) is 3.01. The van der Waals surface area contributed by atoms with Gasteiger partial charge in [-0.3, -0.25) is 0 Å². The summed E-state index contributed by atoms with van der Waals surface area (Å²) in [5.74, 6) is 0. The number of para-hydroxylation sites is 2. The van der Waals surface area contributed by atoms with Crippen LogP contribution in [0.3, 0.4) is 0 Å². The van der Waals surface area contributed by atoms with E-state index in [1.54, 1.807) is 12.1 Å². The van der Waals surface area contributed by atoms with E-state index in [-0.39, 0.29) is 0 Å². The van der Waals surface area contributed by atoms with E-state index in [9.17, 15) is 4.39 Å². The van der Waals surface area contributed by atoms with Gasteiger partial charge in [0.25, 0.3) is 6.42 Å². The summed E-state index contributed by atoms with van der Waals surface area (Å²) in [5.41, 5.74) is 0. The summed E-state index contributed by atoms with van der Waals surface area (Å²) < 4.78 is 12.4. The van der Waals surface area contributed by atoms with Crippen molar-refractivity contribution < 1.29 is 4.39 Å². The molecule has 0 aliphatic carbocycles. The first kappa shape index (κ1) is 5.53. The number of rotatable bonds is 0. The molecule has 0 spiro atoms. The van der Waals surface area contributed by atoms with Gasteiger partial charge in [-0.15, -0.1) is 0 Å². The first-order chi connectivity index (χ1) is 4.86. The van der Waals surface area contributed by atoms with Crippen molar-refractivity contribution in [2.45, 2.75) is 6.42 Å². The highest BCUT2D eigenvalue weighted by Crippen LogP contribution is 1.93. The number of alkyl halides is 1. The number of halogens is 1. The minimum atomic E-state index is -1.38. The lowest BCUT2D eigenvalue weighted by molar-refractivity contribution is 0.358. The van der Waals surface area contributed by atoms with Crippen LogP contribution in [0.15, 0.2) is 34.3 Å². The van der Waals surface area contributed by atoms with Crippen molar-refractivity contribution in [1.82, 2.24) is 0 Å². The smallest absolute Gasteiger partial charge is 0.226 e. The number of hydrogen-bond donors (Lipinski definition) is 0. The largest absolute Gasteiger partial charge is 0.285 e. The van der Waals surface area contributed by atoms with Crippen LogP contribution in [0.1, 0.15) is 0 Å². The van der Waals surface area contributed by atoms with Gasteiger partial charge in [0.2, 0.25) is 0 Å². The summed E-state index contributed by atoms with van der Waals surface area (Å²) in [4.78, 5) is 7.24. The van der Waals surface area contributed by atoms with Crippen LogP contribution in [-0.2, 0) is 0 Å². The Balaban J connectivity index is 2.83. The van der Waals surface area contributed by atoms with Gasteiger partial charge in [-0.05, 0) is 12.1 Å². The molecule has 1 aliphatic heterocycles. The molecule has 3 heteroatoms. The minimum absolute atomic E-state index is 0.648. The van der Waals surface area contributed by atoms with Crippen LogP contribution in [-0.4, -0.2) is 6.42 Å². The van der Waals surface area contributed by atoms with E-state index >= 15 is 0 Å². The van der Waals surface area contributed by atoms with Gasteiger partial charge < -0.3 is 0 Å². The zero-order valence-electron chi connectivity index (χ0n) is 5.16. The maximum atomic E-state index is 12.4. The summed E-state index contributed by atoms with van der Waals surface area (Å²) in [6.07, 6.45) is -1.38. The molecule has 2 rings (SSSR count). The highest BCUT2D eigenvalue weighted by molar-refractivity contribution is 5.02. The molecule has 2 nitrogen and oxygen atoms in total. The Morgan fingerprint density at radius 3 is 2.10 bits per heavy atom. The third kappa shape index (κ3) is 0.708. The second kappa shape index (κ2) is 1.87. The number of hydrogen-bond acceptors (Lipinski definition) is 2. The highest BCUT2D eigenvalue weighted by atomic mass is 19.1. The molecule has 0 saturated carbocycles. The lowest BCUT2D eigenvalue weighted by atomic mass is 10.3. The van der Waals surface area contributed by atoms with Crippen molar-refractivity contribution in [2.75, 3.05) is 0 Å². The van der Waals surface area contributed by atoms with Gasteiger partial charge in [-0.2, -0.15) is 4.39 Å². The number of benzene rings is 1. The fraction of sp³-hybridized carbons (Fsp3) is 0.143. The van der Waals surface area contributed by atoms with Crippen molar-refractivity contribution in [2.24, 2.45) is 9.98 Å². The topological polar surface area (TPSA) is 24.7 Å². The Morgan fingerprint density at radius 1 is 1.10 bits per heavy atom. The van der Waals surface area contributed by atoms with Crippen LogP contribution < -0.4 is 10.7 Å². The van der Waals surface area contributed by atoms with Gasteiger partial charge in [0.15, 0.2) is 0 Å². The molecule has 0 unspecified atom stereocenters. The molecule has 0 bridgehead atoms. The van der Waals surface area contributed by atoms with E-state index in [2.05, 4.69) is 9.98 Å². The molecule has 0 saturated heterocycles. The predicted molar refractivity (Wildman–Crippen MR) is 33.7 cm³/mol. The van der Waals surface area contributed by atoms with Crippen molar-refractivity contribution in [1.29, 1.82) is 0 Å². The molecule has 0 aromatic heterocycles. The summed E-state index contributed by atoms with van der Waals surface area (Å²) >= 11 is 0. The summed E-state index contributed by atoms with van der Waals surface area (Å²) in [6.45, 7) is 0. The van der Waals surface area contributed by atoms with Crippen LogP contribution in [0, 0.1) is 0 Å². The van der Waals surface area contributed by atoms with Crippen molar-refractivity contribution in [3.8, 4) is 0 Å². The molecular formula is C7H5FN2. The van der Waals surface area contributed by atoms with Crippen molar-refractivity contribution in [3.63, 3.8) is 0 Å². The molecule has 0 fully saturated rings. The first-order valence-electron chi connectivity index (χ1n) is 3.01. The predicted octanol–water partition coefficient (Wildman–Crippen LogP) is 0.193. The molecule has 0 atom stereocenters. The summed E-state index contributed by atoms with van der Waals surface area (Å²) in [6, 6.07) is 7.13. The van der Waals surface area contributed by atoms with Crippen LogP contribution in [0.5, 0.6) is 0 Å². The van der Waals surface area contributed by atoms with Crippen molar-refractivity contribution >= 4 is 0 Å². The van der Waals surface area contributed by atoms with E-state index < -0.39 is 6.42 Å². The maximum Gasteiger partial charge on any atom is 0.285 e.